The highest BCUT2D eigenvalue weighted by atomic mass is 32.2. The molecule has 2 aromatic carbocycles. The van der Waals surface area contributed by atoms with E-state index in [9.17, 15) is 28.1 Å². The molecule has 3 rings (SSSR count). The predicted molar refractivity (Wildman–Crippen MR) is 99.6 cm³/mol. The second kappa shape index (κ2) is 8.09. The Morgan fingerprint density at radius 3 is 2.25 bits per heavy atom. The van der Waals surface area contributed by atoms with Crippen LogP contribution in [0.1, 0.15) is 10.4 Å². The minimum absolute atomic E-state index is 0.00367. The molecule has 0 spiro atoms. The zero-order valence-corrected chi connectivity index (χ0v) is 15.4. The van der Waals surface area contributed by atoms with Crippen LogP contribution in [-0.4, -0.2) is 47.4 Å². The number of anilines is 1. The molecule has 6 nitrogen and oxygen atoms in total. The summed E-state index contributed by atoms with van der Waals surface area (Å²) in [5.74, 6) is -0.477. The summed E-state index contributed by atoms with van der Waals surface area (Å²) in [7, 11) is 0. The Labute approximate surface area is 163 Å². The molecule has 0 aromatic heterocycles. The summed E-state index contributed by atoms with van der Waals surface area (Å²) in [4.78, 5) is 26.6. The number of para-hydroxylation sites is 2. The third-order valence-electron chi connectivity index (χ3n) is 4.33. The quantitative estimate of drug-likeness (QED) is 0.429. The number of halogens is 3. The van der Waals surface area contributed by atoms with Gasteiger partial charge in [0.25, 0.3) is 11.6 Å². The number of amides is 1. The van der Waals surface area contributed by atoms with E-state index in [2.05, 4.69) is 0 Å². The number of hydrogen-bond donors (Lipinski definition) is 0. The number of nitro benzene ring substituents is 1. The van der Waals surface area contributed by atoms with Crippen molar-refractivity contribution >= 4 is 29.0 Å². The molecule has 1 aliphatic rings. The van der Waals surface area contributed by atoms with Crippen LogP contribution in [0.4, 0.5) is 24.5 Å². The van der Waals surface area contributed by atoms with Crippen molar-refractivity contribution in [1.29, 1.82) is 0 Å². The number of carbonyl (C=O) groups excluding carboxylic acids is 1. The molecular formula is C18H16F3N3O3S. The van der Waals surface area contributed by atoms with Crippen LogP contribution < -0.4 is 4.90 Å². The average Bonchev–Trinajstić information content (AvgIpc) is 2.67. The number of nitro groups is 1. The Bertz CT molecular complexity index is 884. The van der Waals surface area contributed by atoms with E-state index in [0.717, 1.165) is 0 Å². The Kier molecular flexibility index (Phi) is 5.78. The van der Waals surface area contributed by atoms with Crippen molar-refractivity contribution < 1.29 is 22.9 Å². The summed E-state index contributed by atoms with van der Waals surface area (Å²) in [6, 6.07) is 12.0. The number of rotatable bonds is 4. The Hall–Kier alpha value is -2.75. The minimum Gasteiger partial charge on any atom is -0.362 e. The van der Waals surface area contributed by atoms with Gasteiger partial charge < -0.3 is 9.80 Å². The Morgan fingerprint density at radius 2 is 1.61 bits per heavy atom. The van der Waals surface area contributed by atoms with Crippen LogP contribution in [0.3, 0.4) is 0 Å². The highest BCUT2D eigenvalue weighted by molar-refractivity contribution is 8.00. The standard InChI is InChI=1S/C18H16F3N3O3S/c19-18(20,21)28-16-8-4-1-5-13(16)17(25)23-11-9-22(10-12-23)14-6-2-3-7-15(14)24(26)27/h1-8H,9-12H2. The van der Waals surface area contributed by atoms with Gasteiger partial charge in [-0.2, -0.15) is 13.2 Å². The first-order chi connectivity index (χ1) is 13.3. The van der Waals surface area contributed by atoms with Crippen LogP contribution in [0.2, 0.25) is 0 Å². The van der Waals surface area contributed by atoms with Gasteiger partial charge in [-0.1, -0.05) is 24.3 Å². The van der Waals surface area contributed by atoms with Crippen molar-refractivity contribution in [2.24, 2.45) is 0 Å². The minimum atomic E-state index is -4.48. The first kappa shape index (κ1) is 20.0. The first-order valence-corrected chi connectivity index (χ1v) is 9.20. The maximum absolute atomic E-state index is 12.7. The van der Waals surface area contributed by atoms with E-state index in [1.165, 1.54) is 35.2 Å². The van der Waals surface area contributed by atoms with Crippen LogP contribution in [0.15, 0.2) is 53.4 Å². The van der Waals surface area contributed by atoms with E-state index in [1.807, 2.05) is 0 Å². The number of hydrogen-bond acceptors (Lipinski definition) is 5. The van der Waals surface area contributed by atoms with Crippen molar-refractivity contribution in [2.45, 2.75) is 10.4 Å². The molecule has 28 heavy (non-hydrogen) atoms. The SMILES string of the molecule is O=C(c1ccccc1SC(F)(F)F)N1CCN(c2ccccc2[N+](=O)[O-])CC1. The lowest BCUT2D eigenvalue weighted by Crippen LogP contribution is -2.49. The van der Waals surface area contributed by atoms with Crippen LogP contribution in [0.25, 0.3) is 0 Å². The molecule has 0 N–H and O–H groups in total. The van der Waals surface area contributed by atoms with E-state index in [4.69, 9.17) is 0 Å². The normalized spacial score (nSPS) is 14.8. The van der Waals surface area contributed by atoms with E-state index in [1.54, 1.807) is 23.1 Å². The number of thioether (sulfide) groups is 1. The highest BCUT2D eigenvalue weighted by Gasteiger charge is 2.33. The van der Waals surface area contributed by atoms with E-state index >= 15 is 0 Å². The van der Waals surface area contributed by atoms with Crippen LogP contribution >= 0.6 is 11.8 Å². The van der Waals surface area contributed by atoms with Gasteiger partial charge in [-0.3, -0.25) is 14.9 Å². The van der Waals surface area contributed by atoms with Crippen LogP contribution in [-0.2, 0) is 0 Å². The van der Waals surface area contributed by atoms with Gasteiger partial charge >= 0.3 is 5.51 Å². The zero-order chi connectivity index (χ0) is 20.3. The van der Waals surface area contributed by atoms with Crippen molar-refractivity contribution in [3.8, 4) is 0 Å². The number of nitrogens with zero attached hydrogens (tertiary/aromatic N) is 3. The predicted octanol–water partition coefficient (Wildman–Crippen LogP) is 4.17. The second-order valence-electron chi connectivity index (χ2n) is 6.07. The number of benzene rings is 2. The molecule has 1 saturated heterocycles. The fraction of sp³-hybridized carbons (Fsp3) is 0.278. The summed E-state index contributed by atoms with van der Waals surface area (Å²) >= 11 is -0.311. The van der Waals surface area contributed by atoms with Gasteiger partial charge in [0.15, 0.2) is 0 Å². The van der Waals surface area contributed by atoms with E-state index < -0.39 is 16.3 Å². The summed E-state index contributed by atoms with van der Waals surface area (Å²) < 4.78 is 38.2. The van der Waals surface area contributed by atoms with Crippen LogP contribution in [0.5, 0.6) is 0 Å². The third-order valence-corrected chi connectivity index (χ3v) is 5.14. The van der Waals surface area contributed by atoms with Gasteiger partial charge in [0, 0.05) is 37.1 Å². The molecule has 0 atom stereocenters. The lowest BCUT2D eigenvalue weighted by atomic mass is 10.1. The summed E-state index contributed by atoms with van der Waals surface area (Å²) in [5, 5.41) is 11.2. The third kappa shape index (κ3) is 4.56. The van der Waals surface area contributed by atoms with Crippen molar-refractivity contribution in [2.75, 3.05) is 31.1 Å². The van der Waals surface area contributed by atoms with Gasteiger partial charge in [0.2, 0.25) is 0 Å². The van der Waals surface area contributed by atoms with E-state index in [0.29, 0.717) is 18.8 Å². The number of piperazine rings is 1. The topological polar surface area (TPSA) is 66.7 Å². The number of alkyl halides is 3. The molecule has 10 heteroatoms. The molecule has 0 saturated carbocycles. The monoisotopic (exact) mass is 411 g/mol. The molecule has 0 radical (unpaired) electrons. The Morgan fingerprint density at radius 1 is 1.00 bits per heavy atom. The molecule has 1 aliphatic heterocycles. The first-order valence-electron chi connectivity index (χ1n) is 8.38. The fourth-order valence-electron chi connectivity index (χ4n) is 3.06. The van der Waals surface area contributed by atoms with Gasteiger partial charge in [-0.05, 0) is 30.0 Å². The van der Waals surface area contributed by atoms with Crippen molar-refractivity contribution in [3.63, 3.8) is 0 Å². The van der Waals surface area contributed by atoms with Gasteiger partial charge in [-0.25, -0.2) is 0 Å². The molecule has 0 unspecified atom stereocenters. The fourth-order valence-corrected chi connectivity index (χ4v) is 3.73. The Balaban J connectivity index is 1.73. The number of carbonyl (C=O) groups is 1. The summed E-state index contributed by atoms with van der Waals surface area (Å²) in [6.07, 6.45) is 0. The maximum atomic E-state index is 12.7. The average molecular weight is 411 g/mol. The lowest BCUT2D eigenvalue weighted by Gasteiger charge is -2.36. The van der Waals surface area contributed by atoms with Crippen LogP contribution in [0, 0.1) is 10.1 Å². The second-order valence-corrected chi connectivity index (χ2v) is 7.18. The lowest BCUT2D eigenvalue weighted by molar-refractivity contribution is -0.384. The smallest absolute Gasteiger partial charge is 0.362 e. The molecule has 1 fully saturated rings. The van der Waals surface area contributed by atoms with Gasteiger partial charge in [-0.15, -0.1) is 0 Å². The van der Waals surface area contributed by atoms with Crippen molar-refractivity contribution in [3.05, 3.63) is 64.2 Å². The molecule has 1 amide bonds. The highest BCUT2D eigenvalue weighted by Crippen LogP contribution is 2.39. The molecular weight excluding hydrogens is 395 g/mol. The van der Waals surface area contributed by atoms with Crippen molar-refractivity contribution in [1.82, 2.24) is 4.90 Å². The summed E-state index contributed by atoms with van der Waals surface area (Å²) in [5.41, 5.74) is -4.03. The molecule has 0 bridgehead atoms. The molecule has 1 heterocycles. The van der Waals surface area contributed by atoms with Gasteiger partial charge in [0.05, 0.1) is 10.5 Å². The zero-order valence-electron chi connectivity index (χ0n) is 14.6. The largest absolute Gasteiger partial charge is 0.446 e. The maximum Gasteiger partial charge on any atom is 0.446 e. The van der Waals surface area contributed by atoms with Gasteiger partial charge in [0.1, 0.15) is 5.69 Å². The van der Waals surface area contributed by atoms with E-state index in [-0.39, 0.29) is 41.0 Å². The summed E-state index contributed by atoms with van der Waals surface area (Å²) in [6.45, 7) is 1.22. The molecule has 0 aliphatic carbocycles. The molecule has 148 valence electrons. The molecule has 2 aromatic rings.